The third kappa shape index (κ3) is 4.35. The summed E-state index contributed by atoms with van der Waals surface area (Å²) in [6, 6.07) is 16.7. The van der Waals surface area contributed by atoms with Crippen LogP contribution in [0.1, 0.15) is 30.9 Å². The van der Waals surface area contributed by atoms with Crippen molar-refractivity contribution < 1.29 is 0 Å². The second kappa shape index (κ2) is 7.93. The van der Waals surface area contributed by atoms with Crippen molar-refractivity contribution in [1.29, 1.82) is 0 Å². The normalized spacial score (nSPS) is 12.4. The van der Waals surface area contributed by atoms with Crippen molar-refractivity contribution in [2.24, 2.45) is 17.3 Å². The van der Waals surface area contributed by atoms with Gasteiger partial charge in [-0.25, -0.2) is 0 Å². The van der Waals surface area contributed by atoms with Gasteiger partial charge in [0.1, 0.15) is 0 Å². The molecule has 0 fully saturated rings. The minimum atomic E-state index is 0.540. The van der Waals surface area contributed by atoms with Crippen LogP contribution in [0.2, 0.25) is 0 Å². The molecule has 0 aliphatic carbocycles. The lowest BCUT2D eigenvalue weighted by atomic mass is 10.0. The first-order chi connectivity index (χ1) is 12.0. The first kappa shape index (κ1) is 17.8. The number of nitrogens with zero attached hydrogens (tertiary/aromatic N) is 3. The van der Waals surface area contributed by atoms with Gasteiger partial charge in [-0.05, 0) is 34.7 Å². The number of halogens is 1. The highest BCUT2D eigenvalue weighted by molar-refractivity contribution is 9.10. The van der Waals surface area contributed by atoms with Crippen LogP contribution in [0.4, 0.5) is 0 Å². The highest BCUT2D eigenvalue weighted by atomic mass is 79.9. The SMILES string of the molecule is CC(C)c1ccc(/C=N/N=c2\scc(-c3ccc(Br)cc3)n2C)cc1. The molecule has 0 N–H and O–H groups in total. The van der Waals surface area contributed by atoms with Gasteiger partial charge in [-0.3, -0.25) is 0 Å². The van der Waals surface area contributed by atoms with E-state index in [2.05, 4.69) is 86.3 Å². The summed E-state index contributed by atoms with van der Waals surface area (Å²) in [5.74, 6) is 0.540. The van der Waals surface area contributed by atoms with Gasteiger partial charge in [-0.1, -0.05) is 66.2 Å². The van der Waals surface area contributed by atoms with E-state index in [0.29, 0.717) is 5.92 Å². The maximum absolute atomic E-state index is 4.36. The lowest BCUT2D eigenvalue weighted by Crippen LogP contribution is -2.10. The van der Waals surface area contributed by atoms with E-state index in [1.165, 1.54) is 5.56 Å². The third-order valence-corrected chi connectivity index (χ3v) is 5.45. The molecule has 0 unspecified atom stereocenters. The average Bonchev–Trinajstić information content (AvgIpc) is 2.97. The van der Waals surface area contributed by atoms with E-state index >= 15 is 0 Å². The van der Waals surface area contributed by atoms with E-state index in [0.717, 1.165) is 26.1 Å². The molecular weight excluding hydrogens is 394 g/mol. The van der Waals surface area contributed by atoms with Crippen LogP contribution in [-0.4, -0.2) is 10.8 Å². The molecule has 0 spiro atoms. The summed E-state index contributed by atoms with van der Waals surface area (Å²) >= 11 is 5.06. The van der Waals surface area contributed by atoms with Crippen LogP contribution in [0, 0.1) is 0 Å². The zero-order valence-corrected chi connectivity index (χ0v) is 16.9. The summed E-state index contributed by atoms with van der Waals surface area (Å²) in [6.45, 7) is 4.39. The fourth-order valence-electron chi connectivity index (χ4n) is 2.45. The smallest absolute Gasteiger partial charge is 0.210 e. The molecule has 25 heavy (non-hydrogen) atoms. The van der Waals surface area contributed by atoms with E-state index in [-0.39, 0.29) is 0 Å². The zero-order chi connectivity index (χ0) is 17.8. The van der Waals surface area contributed by atoms with E-state index in [4.69, 9.17) is 0 Å². The highest BCUT2D eigenvalue weighted by Crippen LogP contribution is 2.21. The van der Waals surface area contributed by atoms with Crippen molar-refractivity contribution in [3.63, 3.8) is 0 Å². The Morgan fingerprint density at radius 1 is 1.04 bits per heavy atom. The maximum atomic E-state index is 4.36. The number of rotatable bonds is 4. The summed E-state index contributed by atoms with van der Waals surface area (Å²) in [5.41, 5.74) is 4.68. The van der Waals surface area contributed by atoms with Gasteiger partial charge in [0.15, 0.2) is 0 Å². The van der Waals surface area contributed by atoms with Crippen LogP contribution >= 0.6 is 27.3 Å². The Morgan fingerprint density at radius 2 is 1.72 bits per heavy atom. The average molecular weight is 414 g/mol. The van der Waals surface area contributed by atoms with Crippen molar-refractivity contribution in [1.82, 2.24) is 4.57 Å². The predicted molar refractivity (Wildman–Crippen MR) is 110 cm³/mol. The molecule has 0 saturated heterocycles. The summed E-state index contributed by atoms with van der Waals surface area (Å²) in [5, 5.41) is 10.7. The summed E-state index contributed by atoms with van der Waals surface area (Å²) in [4.78, 5) is 0.868. The molecule has 2 aromatic carbocycles. The molecule has 0 radical (unpaired) electrons. The quantitative estimate of drug-likeness (QED) is 0.395. The Morgan fingerprint density at radius 3 is 2.36 bits per heavy atom. The molecule has 128 valence electrons. The van der Waals surface area contributed by atoms with E-state index < -0.39 is 0 Å². The molecular formula is C20H20BrN3S. The van der Waals surface area contributed by atoms with Crippen LogP contribution in [0.5, 0.6) is 0 Å². The molecule has 0 bridgehead atoms. The van der Waals surface area contributed by atoms with Crippen molar-refractivity contribution in [2.75, 3.05) is 0 Å². The molecule has 0 saturated carbocycles. The fraction of sp³-hybridized carbons (Fsp3) is 0.200. The number of thiazole rings is 1. The molecule has 0 aliphatic rings. The van der Waals surface area contributed by atoms with Crippen LogP contribution in [0.3, 0.4) is 0 Å². The van der Waals surface area contributed by atoms with Gasteiger partial charge in [-0.2, -0.15) is 5.10 Å². The number of hydrogen-bond donors (Lipinski definition) is 0. The van der Waals surface area contributed by atoms with Gasteiger partial charge >= 0.3 is 0 Å². The molecule has 0 atom stereocenters. The van der Waals surface area contributed by atoms with Gasteiger partial charge < -0.3 is 4.57 Å². The second-order valence-electron chi connectivity index (χ2n) is 6.14. The zero-order valence-electron chi connectivity index (χ0n) is 14.5. The van der Waals surface area contributed by atoms with Crippen molar-refractivity contribution in [2.45, 2.75) is 19.8 Å². The number of hydrogen-bond acceptors (Lipinski definition) is 3. The summed E-state index contributed by atoms with van der Waals surface area (Å²) < 4.78 is 3.14. The monoisotopic (exact) mass is 413 g/mol. The summed E-state index contributed by atoms with van der Waals surface area (Å²) in [6.07, 6.45) is 1.79. The second-order valence-corrected chi connectivity index (χ2v) is 7.89. The first-order valence-electron chi connectivity index (χ1n) is 8.12. The maximum Gasteiger partial charge on any atom is 0.210 e. The third-order valence-electron chi connectivity index (χ3n) is 4.02. The molecule has 3 nitrogen and oxygen atoms in total. The largest absolute Gasteiger partial charge is 0.318 e. The first-order valence-corrected chi connectivity index (χ1v) is 9.79. The van der Waals surface area contributed by atoms with Crippen LogP contribution in [0.15, 0.2) is 68.6 Å². The van der Waals surface area contributed by atoms with Gasteiger partial charge in [0.25, 0.3) is 0 Å². The number of aromatic nitrogens is 1. The van der Waals surface area contributed by atoms with Gasteiger partial charge in [-0.15, -0.1) is 16.4 Å². The standard InChI is InChI=1S/C20H20BrN3S/c1-14(2)16-6-4-15(5-7-16)12-22-23-20-24(3)19(13-25-20)17-8-10-18(21)11-9-17/h4-14H,1-3H3/b22-12+,23-20-. The van der Waals surface area contributed by atoms with Crippen LogP contribution < -0.4 is 4.80 Å². The van der Waals surface area contributed by atoms with E-state index in [9.17, 15) is 0 Å². The fourth-order valence-corrected chi connectivity index (χ4v) is 3.58. The molecule has 0 amide bonds. The Labute approximate surface area is 160 Å². The van der Waals surface area contributed by atoms with E-state index in [1.807, 2.05) is 19.2 Å². The lowest BCUT2D eigenvalue weighted by Gasteiger charge is -2.04. The minimum absolute atomic E-state index is 0.540. The lowest BCUT2D eigenvalue weighted by molar-refractivity contribution is 0.863. The molecule has 3 rings (SSSR count). The Bertz CT molecular complexity index is 932. The van der Waals surface area contributed by atoms with Crippen molar-refractivity contribution in [3.8, 4) is 11.3 Å². The molecule has 0 aliphatic heterocycles. The highest BCUT2D eigenvalue weighted by Gasteiger charge is 2.04. The summed E-state index contributed by atoms with van der Waals surface area (Å²) in [7, 11) is 2.01. The molecule has 1 aromatic heterocycles. The van der Waals surface area contributed by atoms with Crippen molar-refractivity contribution >= 4 is 33.5 Å². The molecule has 5 heteroatoms. The van der Waals surface area contributed by atoms with Gasteiger partial charge in [0.05, 0.1) is 11.9 Å². The predicted octanol–water partition coefficient (Wildman–Crippen LogP) is 5.57. The Hall–Kier alpha value is -1.98. The molecule has 1 heterocycles. The van der Waals surface area contributed by atoms with Crippen molar-refractivity contribution in [3.05, 3.63) is 74.3 Å². The number of benzene rings is 2. The molecule has 3 aromatic rings. The van der Waals surface area contributed by atoms with Gasteiger partial charge in [0.2, 0.25) is 4.80 Å². The Kier molecular flexibility index (Phi) is 5.66. The Balaban J connectivity index is 1.81. The topological polar surface area (TPSA) is 29.6 Å². The van der Waals surface area contributed by atoms with E-state index in [1.54, 1.807) is 17.6 Å². The van der Waals surface area contributed by atoms with Crippen LogP contribution in [-0.2, 0) is 7.05 Å². The van der Waals surface area contributed by atoms with Gasteiger partial charge in [0, 0.05) is 16.9 Å². The minimum Gasteiger partial charge on any atom is -0.318 e. The van der Waals surface area contributed by atoms with Crippen LogP contribution in [0.25, 0.3) is 11.3 Å².